The summed E-state index contributed by atoms with van der Waals surface area (Å²) in [4.78, 5) is 56.4. The van der Waals surface area contributed by atoms with Gasteiger partial charge in [0.05, 0.1) is 14.2 Å². The Morgan fingerprint density at radius 3 is 1.62 bits per heavy atom. The molecule has 5 N–H and O–H groups in total. The van der Waals surface area contributed by atoms with Crippen molar-refractivity contribution >= 4 is 42.3 Å². The molecule has 0 aliphatic heterocycles. The van der Waals surface area contributed by atoms with Crippen LogP contribution in [-0.2, 0) is 42.9 Å². The predicted molar refractivity (Wildman–Crippen MR) is 173 cm³/mol. The Morgan fingerprint density at radius 2 is 1.24 bits per heavy atom. The Morgan fingerprint density at radius 1 is 0.756 bits per heavy atom. The maximum absolute atomic E-state index is 12.1. The van der Waals surface area contributed by atoms with Crippen LogP contribution < -0.4 is 16.4 Å². The third kappa shape index (κ3) is 26.3. The zero-order valence-electron chi connectivity index (χ0n) is 29.3. The molecule has 0 rings (SSSR count). The highest BCUT2D eigenvalue weighted by molar-refractivity contribution is 5.89. The van der Waals surface area contributed by atoms with E-state index in [1.54, 1.807) is 34.6 Å². The van der Waals surface area contributed by atoms with Gasteiger partial charge in [-0.1, -0.05) is 26.2 Å². The van der Waals surface area contributed by atoms with Crippen LogP contribution >= 0.6 is 12.4 Å². The van der Waals surface area contributed by atoms with Crippen LogP contribution in [0.1, 0.15) is 100 Å². The maximum Gasteiger partial charge on any atom is 0.407 e. The van der Waals surface area contributed by atoms with E-state index in [1.807, 2.05) is 0 Å². The number of unbranched alkanes of at least 4 members (excludes halogenated alkanes) is 3. The number of hydrogen-bond donors (Lipinski definition) is 4. The molecule has 45 heavy (non-hydrogen) atoms. The number of alkyl carbamates (subject to hydrolysis) is 1. The Bertz CT molecular complexity index is 863. The lowest BCUT2D eigenvalue weighted by atomic mass is 10.1. The molecular formula is C30H60ClN3O11. The highest BCUT2D eigenvalue weighted by Crippen LogP contribution is 2.11. The van der Waals surface area contributed by atoms with Gasteiger partial charge in [-0.15, -0.1) is 12.4 Å². The summed E-state index contributed by atoms with van der Waals surface area (Å²) >= 11 is 0. The average Bonchev–Trinajstić information content (AvgIpc) is 2.94. The molecule has 14 nitrogen and oxygen atoms in total. The van der Waals surface area contributed by atoms with E-state index in [0.717, 1.165) is 25.7 Å². The Kier molecular flexibility index (Phi) is 27.9. The number of carboxylic acids is 1. The molecule has 0 heterocycles. The molecule has 0 saturated heterocycles. The molecule has 0 radical (unpaired) electrons. The third-order valence-electron chi connectivity index (χ3n) is 6.08. The van der Waals surface area contributed by atoms with Gasteiger partial charge in [0.15, 0.2) is 5.60 Å². The van der Waals surface area contributed by atoms with Crippen molar-refractivity contribution in [1.29, 1.82) is 0 Å². The minimum Gasteiger partial charge on any atom is -0.479 e. The molecule has 0 aliphatic carbocycles. The summed E-state index contributed by atoms with van der Waals surface area (Å²) < 4.78 is 24.0. The number of methoxy groups -OCH3 is 4. The lowest BCUT2D eigenvalue weighted by Crippen LogP contribution is -2.50. The zero-order valence-corrected chi connectivity index (χ0v) is 30.1. The minimum atomic E-state index is -1.04. The molecular weight excluding hydrogens is 614 g/mol. The van der Waals surface area contributed by atoms with Crippen LogP contribution in [0.25, 0.3) is 0 Å². The van der Waals surface area contributed by atoms with Gasteiger partial charge < -0.3 is 45.2 Å². The van der Waals surface area contributed by atoms with E-state index in [9.17, 15) is 24.0 Å². The van der Waals surface area contributed by atoms with Crippen LogP contribution in [-0.4, -0.2) is 98.9 Å². The lowest BCUT2D eigenvalue weighted by molar-refractivity contribution is -0.157. The highest BCUT2D eigenvalue weighted by atomic mass is 35.5. The molecule has 0 spiro atoms. The van der Waals surface area contributed by atoms with E-state index in [1.165, 1.54) is 42.3 Å². The lowest BCUT2D eigenvalue weighted by Gasteiger charge is -2.25. The molecule has 0 bridgehead atoms. The maximum atomic E-state index is 12.1. The van der Waals surface area contributed by atoms with Gasteiger partial charge in [-0.3, -0.25) is 9.59 Å². The van der Waals surface area contributed by atoms with Crippen molar-refractivity contribution in [3.8, 4) is 0 Å². The molecule has 2 atom stereocenters. The van der Waals surface area contributed by atoms with Gasteiger partial charge in [-0.05, 0) is 74.1 Å². The van der Waals surface area contributed by atoms with Gasteiger partial charge in [0.1, 0.15) is 23.3 Å². The first-order chi connectivity index (χ1) is 20.1. The van der Waals surface area contributed by atoms with Crippen LogP contribution in [0.3, 0.4) is 0 Å². The smallest absolute Gasteiger partial charge is 0.407 e. The summed E-state index contributed by atoms with van der Waals surface area (Å²) in [5.74, 6) is -2.15. The number of halogens is 1. The topological polar surface area (TPSA) is 202 Å². The number of hydrogen-bond acceptors (Lipinski definition) is 11. The fourth-order valence-electron chi connectivity index (χ4n) is 2.76. The van der Waals surface area contributed by atoms with Crippen LogP contribution in [0.4, 0.5) is 4.79 Å². The SMILES string of the molecule is CCCCC[C@H](N)C(=O)OC.COC(=O)[C@H](CCCCNC(=O)OC(C)(C)C)NC(=O)C(C)(C)OC.COC(C)(C)C(=O)O.Cl. The fraction of sp³-hybridized carbons (Fsp3) is 0.833. The first-order valence-electron chi connectivity index (χ1n) is 14.7. The first-order valence-corrected chi connectivity index (χ1v) is 14.7. The van der Waals surface area contributed by atoms with E-state index >= 15 is 0 Å². The number of carbonyl (C=O) groups excluding carboxylic acids is 4. The van der Waals surface area contributed by atoms with E-state index in [-0.39, 0.29) is 18.4 Å². The van der Waals surface area contributed by atoms with Gasteiger partial charge >= 0.3 is 24.0 Å². The standard InChI is InChI=1S/C17H32N2O6.C8H17NO2.C5H10O3.ClH/c1-16(2,3)25-15(22)18-11-9-8-10-12(13(20)23-6)19-14(21)17(4,5)24-7;1-3-4-5-6-7(9)8(10)11-2;1-5(2,8-3)4(6)7;/h12H,8-11H2,1-7H3,(H,18,22)(H,19,21);7H,3-6,9H2,1-2H3;1-3H3,(H,6,7);1H/t12-;7-;;/m00../s1. The quantitative estimate of drug-likeness (QED) is 0.105. The first kappa shape index (κ1) is 49.2. The average molecular weight is 674 g/mol. The van der Waals surface area contributed by atoms with E-state index in [2.05, 4.69) is 27.0 Å². The highest BCUT2D eigenvalue weighted by Gasteiger charge is 2.31. The molecule has 0 aliphatic rings. The Labute approximate surface area is 275 Å². The number of rotatable bonds is 16. The minimum absolute atomic E-state index is 0. The van der Waals surface area contributed by atoms with Gasteiger partial charge in [-0.25, -0.2) is 14.4 Å². The Hall–Kier alpha value is -2.68. The van der Waals surface area contributed by atoms with Gasteiger partial charge in [0, 0.05) is 20.8 Å². The number of amides is 2. The van der Waals surface area contributed by atoms with Crippen molar-refractivity contribution in [2.24, 2.45) is 5.73 Å². The molecule has 0 aromatic rings. The normalized spacial score (nSPS) is 12.3. The second-order valence-electron chi connectivity index (χ2n) is 11.8. The monoisotopic (exact) mass is 673 g/mol. The van der Waals surface area contributed by atoms with Crippen LogP contribution in [0, 0.1) is 0 Å². The van der Waals surface area contributed by atoms with Crippen LogP contribution in [0.2, 0.25) is 0 Å². The second-order valence-corrected chi connectivity index (χ2v) is 11.8. The zero-order chi connectivity index (χ0) is 35.1. The molecule has 15 heteroatoms. The second kappa shape index (κ2) is 25.5. The number of carbonyl (C=O) groups is 5. The van der Waals surface area contributed by atoms with Gasteiger partial charge in [-0.2, -0.15) is 0 Å². The van der Waals surface area contributed by atoms with Crippen molar-refractivity contribution in [2.75, 3.05) is 35.0 Å². The molecule has 0 saturated carbocycles. The van der Waals surface area contributed by atoms with E-state index in [4.69, 9.17) is 25.1 Å². The van der Waals surface area contributed by atoms with Crippen molar-refractivity contribution in [1.82, 2.24) is 10.6 Å². The van der Waals surface area contributed by atoms with Gasteiger partial charge in [0.2, 0.25) is 0 Å². The van der Waals surface area contributed by atoms with Gasteiger partial charge in [0.25, 0.3) is 5.91 Å². The summed E-state index contributed by atoms with van der Waals surface area (Å²) in [6.45, 7) is 14.1. The number of carboxylic acid groups (broad SMARTS) is 1. The van der Waals surface area contributed by atoms with Crippen LogP contribution in [0.5, 0.6) is 0 Å². The van der Waals surface area contributed by atoms with Crippen LogP contribution in [0.15, 0.2) is 0 Å². The molecule has 2 amide bonds. The molecule has 0 aromatic heterocycles. The van der Waals surface area contributed by atoms with E-state index in [0.29, 0.717) is 25.8 Å². The molecule has 0 aromatic carbocycles. The summed E-state index contributed by atoms with van der Waals surface area (Å²) in [7, 11) is 5.43. The van der Waals surface area contributed by atoms with E-state index < -0.39 is 52.8 Å². The number of nitrogens with two attached hydrogens (primary N) is 1. The Balaban J connectivity index is -0.000000345. The largest absolute Gasteiger partial charge is 0.479 e. The fourth-order valence-corrected chi connectivity index (χ4v) is 2.76. The third-order valence-corrected chi connectivity index (χ3v) is 6.08. The van der Waals surface area contributed by atoms with Crippen molar-refractivity contribution in [2.45, 2.75) is 129 Å². The predicted octanol–water partition coefficient (Wildman–Crippen LogP) is 3.75. The van der Waals surface area contributed by atoms with Crippen molar-refractivity contribution < 1.29 is 52.8 Å². The summed E-state index contributed by atoms with van der Waals surface area (Å²) in [5, 5.41) is 13.6. The van der Waals surface area contributed by atoms with Crippen molar-refractivity contribution in [3.05, 3.63) is 0 Å². The molecule has 0 unspecified atom stereocenters. The summed E-state index contributed by atoms with van der Waals surface area (Å²) in [5.41, 5.74) is 2.87. The molecule has 268 valence electrons. The number of nitrogens with one attached hydrogen (secondary N) is 2. The summed E-state index contributed by atoms with van der Waals surface area (Å²) in [6, 6.07) is -1.18. The molecule has 0 fully saturated rings. The summed E-state index contributed by atoms with van der Waals surface area (Å²) in [6.07, 6.45) is 5.19. The number of esters is 2. The van der Waals surface area contributed by atoms with Crippen molar-refractivity contribution in [3.63, 3.8) is 0 Å². The number of aliphatic carboxylic acids is 1. The number of ether oxygens (including phenoxy) is 5.